The zero-order valence-electron chi connectivity index (χ0n) is 10.7. The van der Waals surface area contributed by atoms with Gasteiger partial charge in [0.25, 0.3) is 0 Å². The predicted molar refractivity (Wildman–Crippen MR) is 73.1 cm³/mol. The Morgan fingerprint density at radius 2 is 1.89 bits per heavy atom. The molecule has 0 heterocycles. The molecule has 0 radical (unpaired) electrons. The molecule has 0 aliphatic carbocycles. The molecule has 5 heteroatoms. The smallest absolute Gasteiger partial charge is 0.216 e. The van der Waals surface area contributed by atoms with Crippen molar-refractivity contribution in [1.82, 2.24) is 5.32 Å². The summed E-state index contributed by atoms with van der Waals surface area (Å²) < 4.78 is 10.6. The molecule has 18 heavy (non-hydrogen) atoms. The molecule has 0 bridgehead atoms. The van der Waals surface area contributed by atoms with Crippen LogP contribution in [0.25, 0.3) is 0 Å². The molecule has 0 unspecified atom stereocenters. The molecule has 2 N–H and O–H groups in total. The first kappa shape index (κ1) is 15.0. The van der Waals surface area contributed by atoms with Gasteiger partial charge in [0.1, 0.15) is 0 Å². The zero-order valence-corrected chi connectivity index (χ0v) is 11.5. The fourth-order valence-corrected chi connectivity index (χ4v) is 1.64. The number of hydrogen-bond donors (Lipinski definition) is 2. The molecule has 1 aromatic carbocycles. The van der Waals surface area contributed by atoms with Gasteiger partial charge in [0.15, 0.2) is 5.84 Å². The lowest BCUT2D eigenvalue weighted by atomic mass is 10.2. The molecule has 0 saturated carbocycles. The summed E-state index contributed by atoms with van der Waals surface area (Å²) in [4.78, 5) is 0. The Bertz CT molecular complexity index is 379. The summed E-state index contributed by atoms with van der Waals surface area (Å²) in [6, 6.07) is 7.53. The molecule has 0 fully saturated rings. The average molecular weight is 271 g/mol. The van der Waals surface area contributed by atoms with E-state index in [-0.39, 0.29) is 5.84 Å². The molecule has 0 aliphatic rings. The number of rotatable bonds is 7. The Morgan fingerprint density at radius 1 is 1.28 bits per heavy atom. The molecule has 0 saturated heterocycles. The highest BCUT2D eigenvalue weighted by Crippen LogP contribution is 2.14. The number of ether oxygens (including phenoxy) is 2. The second kappa shape index (κ2) is 8.08. The van der Waals surface area contributed by atoms with Crippen LogP contribution in [0.4, 0.5) is 0 Å². The van der Waals surface area contributed by atoms with Crippen LogP contribution in [0.2, 0.25) is 5.02 Å². The Balaban J connectivity index is 2.51. The molecular weight excluding hydrogens is 252 g/mol. The van der Waals surface area contributed by atoms with Crippen LogP contribution in [0.15, 0.2) is 24.3 Å². The van der Waals surface area contributed by atoms with E-state index in [2.05, 4.69) is 5.32 Å². The lowest BCUT2D eigenvalue weighted by Crippen LogP contribution is -2.37. The third-order valence-corrected chi connectivity index (χ3v) is 2.67. The van der Waals surface area contributed by atoms with Crippen LogP contribution < -0.4 is 5.32 Å². The van der Waals surface area contributed by atoms with Gasteiger partial charge in [-0.25, -0.2) is 0 Å². The Hall–Kier alpha value is -1.10. The zero-order chi connectivity index (χ0) is 13.4. The third kappa shape index (κ3) is 4.64. The summed E-state index contributed by atoms with van der Waals surface area (Å²) in [5, 5.41) is 11.5. The molecule has 1 aromatic rings. The van der Waals surface area contributed by atoms with Gasteiger partial charge in [-0.15, -0.1) is 0 Å². The van der Waals surface area contributed by atoms with Crippen LogP contribution in [0.5, 0.6) is 0 Å². The van der Waals surface area contributed by atoms with Crippen molar-refractivity contribution in [3.05, 3.63) is 34.9 Å². The van der Waals surface area contributed by atoms with E-state index in [4.69, 9.17) is 26.5 Å². The van der Waals surface area contributed by atoms with E-state index in [9.17, 15) is 0 Å². The van der Waals surface area contributed by atoms with Crippen LogP contribution >= 0.6 is 11.6 Å². The molecule has 0 aliphatic heterocycles. The second-order valence-electron chi connectivity index (χ2n) is 3.60. The fourth-order valence-electron chi connectivity index (χ4n) is 1.43. The molecule has 0 atom stereocenters. The normalized spacial score (nSPS) is 10.7. The number of amidine groups is 1. The Kier molecular flexibility index (Phi) is 6.72. The van der Waals surface area contributed by atoms with Crippen molar-refractivity contribution in [3.8, 4) is 0 Å². The lowest BCUT2D eigenvalue weighted by Gasteiger charge is -2.19. The van der Waals surface area contributed by atoms with Crippen molar-refractivity contribution in [2.75, 3.05) is 13.2 Å². The molecular formula is C13H19ClN2O2. The SMILES string of the molecule is CCOC(OCC)C(=N)NCc1ccccc1Cl. The number of halogens is 1. The number of hydrogen-bond acceptors (Lipinski definition) is 3. The van der Waals surface area contributed by atoms with Gasteiger partial charge in [-0.3, -0.25) is 5.41 Å². The number of benzene rings is 1. The minimum absolute atomic E-state index is 0.207. The van der Waals surface area contributed by atoms with Crippen LogP contribution in [0.1, 0.15) is 19.4 Å². The van der Waals surface area contributed by atoms with Gasteiger partial charge in [-0.1, -0.05) is 29.8 Å². The Labute approximate surface area is 113 Å². The second-order valence-corrected chi connectivity index (χ2v) is 4.01. The highest BCUT2D eigenvalue weighted by Gasteiger charge is 2.14. The van der Waals surface area contributed by atoms with Gasteiger partial charge >= 0.3 is 0 Å². The van der Waals surface area contributed by atoms with E-state index in [0.717, 1.165) is 5.56 Å². The quantitative estimate of drug-likeness (QED) is 0.455. The van der Waals surface area contributed by atoms with E-state index >= 15 is 0 Å². The predicted octanol–water partition coefficient (Wildman–Crippen LogP) is 2.81. The summed E-state index contributed by atoms with van der Waals surface area (Å²) in [5.74, 6) is 0.207. The first-order valence-corrected chi connectivity index (χ1v) is 6.35. The molecule has 0 aromatic heterocycles. The van der Waals surface area contributed by atoms with Crippen molar-refractivity contribution >= 4 is 17.4 Å². The maximum absolute atomic E-state index is 7.87. The molecule has 0 spiro atoms. The van der Waals surface area contributed by atoms with Crippen molar-refractivity contribution in [1.29, 1.82) is 5.41 Å². The minimum Gasteiger partial charge on any atom is -0.366 e. The van der Waals surface area contributed by atoms with E-state index < -0.39 is 6.29 Å². The first-order valence-electron chi connectivity index (χ1n) is 5.98. The van der Waals surface area contributed by atoms with Crippen molar-refractivity contribution in [2.24, 2.45) is 0 Å². The van der Waals surface area contributed by atoms with Crippen LogP contribution in [-0.2, 0) is 16.0 Å². The summed E-state index contributed by atoms with van der Waals surface area (Å²) in [7, 11) is 0. The van der Waals surface area contributed by atoms with Crippen LogP contribution in [0, 0.1) is 5.41 Å². The first-order chi connectivity index (χ1) is 8.69. The van der Waals surface area contributed by atoms with Crippen LogP contribution in [-0.4, -0.2) is 25.3 Å². The van der Waals surface area contributed by atoms with Crippen molar-refractivity contribution in [3.63, 3.8) is 0 Å². The van der Waals surface area contributed by atoms with Crippen molar-refractivity contribution < 1.29 is 9.47 Å². The molecule has 100 valence electrons. The summed E-state index contributed by atoms with van der Waals surface area (Å²) in [6.45, 7) is 5.22. The summed E-state index contributed by atoms with van der Waals surface area (Å²) >= 11 is 6.04. The van der Waals surface area contributed by atoms with E-state index in [1.165, 1.54) is 0 Å². The summed E-state index contributed by atoms with van der Waals surface area (Å²) in [5.41, 5.74) is 0.940. The summed E-state index contributed by atoms with van der Waals surface area (Å²) in [6.07, 6.45) is -0.637. The van der Waals surface area contributed by atoms with Gasteiger partial charge in [-0.2, -0.15) is 0 Å². The minimum atomic E-state index is -0.637. The average Bonchev–Trinajstić information content (AvgIpc) is 2.37. The van der Waals surface area contributed by atoms with Gasteiger partial charge in [0.2, 0.25) is 6.29 Å². The lowest BCUT2D eigenvalue weighted by molar-refractivity contribution is -0.0923. The maximum atomic E-state index is 7.87. The van der Waals surface area contributed by atoms with Crippen molar-refractivity contribution in [2.45, 2.75) is 26.7 Å². The number of nitrogens with one attached hydrogen (secondary N) is 2. The topological polar surface area (TPSA) is 54.3 Å². The van der Waals surface area contributed by atoms with Gasteiger partial charge in [0, 0.05) is 24.8 Å². The third-order valence-electron chi connectivity index (χ3n) is 2.30. The Morgan fingerprint density at radius 3 is 2.44 bits per heavy atom. The maximum Gasteiger partial charge on any atom is 0.216 e. The van der Waals surface area contributed by atoms with Gasteiger partial charge in [-0.05, 0) is 25.5 Å². The highest BCUT2D eigenvalue weighted by atomic mass is 35.5. The molecule has 1 rings (SSSR count). The standard InChI is InChI=1S/C13H19ClN2O2/c1-3-17-13(18-4-2)12(15)16-9-10-7-5-6-8-11(10)14/h5-8,13H,3-4,9H2,1-2H3,(H2,15,16). The van der Waals surface area contributed by atoms with E-state index in [1.54, 1.807) is 0 Å². The largest absolute Gasteiger partial charge is 0.366 e. The van der Waals surface area contributed by atoms with E-state index in [0.29, 0.717) is 24.8 Å². The van der Waals surface area contributed by atoms with E-state index in [1.807, 2.05) is 38.1 Å². The fraction of sp³-hybridized carbons (Fsp3) is 0.462. The van der Waals surface area contributed by atoms with Gasteiger partial charge in [0.05, 0.1) is 0 Å². The van der Waals surface area contributed by atoms with Crippen LogP contribution in [0.3, 0.4) is 0 Å². The van der Waals surface area contributed by atoms with Gasteiger partial charge < -0.3 is 14.8 Å². The monoisotopic (exact) mass is 270 g/mol. The molecule has 0 amide bonds. The highest BCUT2D eigenvalue weighted by molar-refractivity contribution is 6.31. The molecule has 4 nitrogen and oxygen atoms in total.